The zero-order valence-electron chi connectivity index (χ0n) is 18.8. The zero-order valence-corrected chi connectivity index (χ0v) is 18.8. The van der Waals surface area contributed by atoms with Crippen LogP contribution >= 0.6 is 0 Å². The topological polar surface area (TPSA) is 73.9 Å². The summed E-state index contributed by atoms with van der Waals surface area (Å²) in [5, 5.41) is 5.90. The number of likely N-dealkylation sites (N-methyl/N-ethyl adjacent to an activating group) is 1. The van der Waals surface area contributed by atoms with E-state index in [-0.39, 0.29) is 18.0 Å². The van der Waals surface area contributed by atoms with E-state index >= 15 is 0 Å². The number of aryl methyl sites for hydroxylation is 1. The van der Waals surface area contributed by atoms with Gasteiger partial charge < -0.3 is 15.4 Å². The highest BCUT2D eigenvalue weighted by molar-refractivity contribution is 5.97. The SMILES string of the molecule is CCN(CC)C(CNC(=O)c1ccc(N2CCNC2=O)c(C)c1)c1cccc(OC)c1. The predicted octanol–water partition coefficient (Wildman–Crippen LogP) is 3.35. The van der Waals surface area contributed by atoms with E-state index in [2.05, 4.69) is 35.4 Å². The Balaban J connectivity index is 1.74. The van der Waals surface area contributed by atoms with Crippen molar-refractivity contribution in [3.05, 3.63) is 59.2 Å². The van der Waals surface area contributed by atoms with Crippen LogP contribution in [0.5, 0.6) is 5.75 Å². The molecule has 31 heavy (non-hydrogen) atoms. The molecular formula is C24H32N4O3. The molecular weight excluding hydrogens is 392 g/mol. The molecule has 7 nitrogen and oxygen atoms in total. The summed E-state index contributed by atoms with van der Waals surface area (Å²) in [5.74, 6) is 0.679. The lowest BCUT2D eigenvalue weighted by Gasteiger charge is -2.30. The van der Waals surface area contributed by atoms with Crippen LogP contribution in [0.15, 0.2) is 42.5 Å². The second-order valence-electron chi connectivity index (χ2n) is 7.61. The summed E-state index contributed by atoms with van der Waals surface area (Å²) in [6, 6.07) is 13.4. The standard InChI is InChI=1S/C24H32N4O3/c1-5-27(6-2)22(18-8-7-9-20(15-18)31-4)16-26-23(29)19-10-11-21(17(3)14-19)28-13-12-25-24(28)30/h7-11,14-15,22H,5-6,12-13,16H2,1-4H3,(H,25,30)(H,26,29). The summed E-state index contributed by atoms with van der Waals surface area (Å²) in [7, 11) is 1.66. The number of rotatable bonds is 9. The molecule has 1 atom stereocenters. The third-order valence-corrected chi connectivity index (χ3v) is 5.79. The number of hydrogen-bond donors (Lipinski definition) is 2. The van der Waals surface area contributed by atoms with Crippen LogP contribution in [0.25, 0.3) is 0 Å². The molecule has 3 rings (SSSR count). The largest absolute Gasteiger partial charge is 0.497 e. The molecule has 0 aliphatic carbocycles. The third kappa shape index (κ3) is 5.17. The van der Waals surface area contributed by atoms with Crippen molar-refractivity contribution in [2.24, 2.45) is 0 Å². The molecule has 7 heteroatoms. The summed E-state index contributed by atoms with van der Waals surface area (Å²) >= 11 is 0. The minimum absolute atomic E-state index is 0.0442. The van der Waals surface area contributed by atoms with Crippen LogP contribution in [0.1, 0.15) is 41.4 Å². The van der Waals surface area contributed by atoms with E-state index in [1.54, 1.807) is 18.1 Å². The molecule has 0 spiro atoms. The third-order valence-electron chi connectivity index (χ3n) is 5.79. The number of carbonyl (C=O) groups is 2. The van der Waals surface area contributed by atoms with E-state index in [4.69, 9.17) is 4.74 Å². The average Bonchev–Trinajstić information content (AvgIpc) is 3.21. The van der Waals surface area contributed by atoms with Crippen molar-refractivity contribution in [3.8, 4) is 5.75 Å². The van der Waals surface area contributed by atoms with Crippen molar-refractivity contribution in [3.63, 3.8) is 0 Å². The van der Waals surface area contributed by atoms with Crippen LogP contribution in [0.4, 0.5) is 10.5 Å². The number of carbonyl (C=O) groups excluding carboxylic acids is 2. The Morgan fingerprint density at radius 2 is 2.00 bits per heavy atom. The predicted molar refractivity (Wildman–Crippen MR) is 123 cm³/mol. The van der Waals surface area contributed by atoms with Gasteiger partial charge in [0.15, 0.2) is 0 Å². The van der Waals surface area contributed by atoms with Gasteiger partial charge in [0.2, 0.25) is 0 Å². The number of hydrogen-bond acceptors (Lipinski definition) is 4. The van der Waals surface area contributed by atoms with Gasteiger partial charge in [-0.15, -0.1) is 0 Å². The molecule has 0 saturated carbocycles. The van der Waals surface area contributed by atoms with E-state index in [1.807, 2.05) is 37.3 Å². The van der Waals surface area contributed by atoms with Gasteiger partial charge in [-0.3, -0.25) is 14.6 Å². The lowest BCUT2D eigenvalue weighted by molar-refractivity contribution is 0.0935. The van der Waals surface area contributed by atoms with Crippen molar-refractivity contribution < 1.29 is 14.3 Å². The van der Waals surface area contributed by atoms with Crippen LogP contribution in [0.2, 0.25) is 0 Å². The minimum Gasteiger partial charge on any atom is -0.497 e. The molecule has 1 unspecified atom stereocenters. The Bertz CT molecular complexity index is 927. The summed E-state index contributed by atoms with van der Waals surface area (Å²) in [4.78, 5) is 28.9. The normalized spacial score (nSPS) is 14.5. The number of ether oxygens (including phenoxy) is 1. The Kier molecular flexibility index (Phi) is 7.52. The van der Waals surface area contributed by atoms with Crippen molar-refractivity contribution in [1.29, 1.82) is 0 Å². The number of nitrogens with zero attached hydrogens (tertiary/aromatic N) is 2. The second kappa shape index (κ2) is 10.3. The lowest BCUT2D eigenvalue weighted by Crippen LogP contribution is -2.38. The van der Waals surface area contributed by atoms with Gasteiger partial charge in [-0.1, -0.05) is 26.0 Å². The van der Waals surface area contributed by atoms with E-state index in [1.165, 1.54) is 0 Å². The number of methoxy groups -OCH3 is 1. The highest BCUT2D eigenvalue weighted by atomic mass is 16.5. The fourth-order valence-corrected chi connectivity index (χ4v) is 4.06. The highest BCUT2D eigenvalue weighted by Crippen LogP contribution is 2.25. The lowest BCUT2D eigenvalue weighted by atomic mass is 10.0. The van der Waals surface area contributed by atoms with Crippen LogP contribution in [0, 0.1) is 6.92 Å². The summed E-state index contributed by atoms with van der Waals surface area (Å²) in [5.41, 5.74) is 3.43. The Labute approximate surface area is 184 Å². The van der Waals surface area contributed by atoms with Crippen molar-refractivity contribution in [1.82, 2.24) is 15.5 Å². The molecule has 2 N–H and O–H groups in total. The molecule has 1 fully saturated rings. The molecule has 166 valence electrons. The first-order valence-electron chi connectivity index (χ1n) is 10.8. The summed E-state index contributed by atoms with van der Waals surface area (Å²) < 4.78 is 5.38. The molecule has 2 aromatic carbocycles. The zero-order chi connectivity index (χ0) is 22.4. The van der Waals surface area contributed by atoms with E-state index < -0.39 is 0 Å². The first kappa shape index (κ1) is 22.6. The summed E-state index contributed by atoms with van der Waals surface area (Å²) in [6.07, 6.45) is 0. The minimum atomic E-state index is -0.124. The maximum atomic E-state index is 12.9. The van der Waals surface area contributed by atoms with Crippen LogP contribution in [-0.4, -0.2) is 56.7 Å². The van der Waals surface area contributed by atoms with Gasteiger partial charge in [-0.2, -0.15) is 0 Å². The fraction of sp³-hybridized carbons (Fsp3) is 0.417. The molecule has 2 aromatic rings. The van der Waals surface area contributed by atoms with Crippen molar-refractivity contribution >= 4 is 17.6 Å². The van der Waals surface area contributed by atoms with Gasteiger partial charge in [-0.25, -0.2) is 4.79 Å². The number of nitrogens with one attached hydrogen (secondary N) is 2. The first-order chi connectivity index (χ1) is 15.0. The van der Waals surface area contributed by atoms with Gasteiger partial charge in [-0.05, 0) is 61.5 Å². The highest BCUT2D eigenvalue weighted by Gasteiger charge is 2.24. The average molecular weight is 425 g/mol. The van der Waals surface area contributed by atoms with Crippen molar-refractivity contribution in [2.45, 2.75) is 26.8 Å². The monoisotopic (exact) mass is 424 g/mol. The van der Waals surface area contributed by atoms with Gasteiger partial charge in [0, 0.05) is 30.9 Å². The Morgan fingerprint density at radius 3 is 2.61 bits per heavy atom. The molecule has 0 radical (unpaired) electrons. The molecule has 3 amide bonds. The van der Waals surface area contributed by atoms with Crippen LogP contribution in [0.3, 0.4) is 0 Å². The first-order valence-corrected chi connectivity index (χ1v) is 10.8. The second-order valence-corrected chi connectivity index (χ2v) is 7.61. The Morgan fingerprint density at radius 1 is 1.23 bits per heavy atom. The number of urea groups is 1. The van der Waals surface area contributed by atoms with Crippen molar-refractivity contribution in [2.75, 3.05) is 44.7 Å². The van der Waals surface area contributed by atoms with Gasteiger partial charge in [0.25, 0.3) is 5.91 Å². The van der Waals surface area contributed by atoms with Gasteiger partial charge in [0.1, 0.15) is 5.75 Å². The van der Waals surface area contributed by atoms with Crippen LogP contribution < -0.4 is 20.3 Å². The molecule has 1 heterocycles. The summed E-state index contributed by atoms with van der Waals surface area (Å²) in [6.45, 7) is 9.68. The molecule has 0 bridgehead atoms. The Hall–Kier alpha value is -3.06. The molecule has 0 aromatic heterocycles. The van der Waals surface area contributed by atoms with E-state index in [0.29, 0.717) is 25.2 Å². The molecule has 1 aliphatic heterocycles. The number of amides is 3. The molecule has 1 aliphatic rings. The maximum Gasteiger partial charge on any atom is 0.322 e. The molecule has 1 saturated heterocycles. The smallest absolute Gasteiger partial charge is 0.322 e. The van der Waals surface area contributed by atoms with Crippen LogP contribution in [-0.2, 0) is 0 Å². The van der Waals surface area contributed by atoms with Gasteiger partial charge in [0.05, 0.1) is 13.2 Å². The van der Waals surface area contributed by atoms with E-state index in [0.717, 1.165) is 35.7 Å². The number of benzene rings is 2. The van der Waals surface area contributed by atoms with E-state index in [9.17, 15) is 9.59 Å². The quantitative estimate of drug-likeness (QED) is 0.648. The number of anilines is 1. The van der Waals surface area contributed by atoms with Gasteiger partial charge >= 0.3 is 6.03 Å². The fourth-order valence-electron chi connectivity index (χ4n) is 4.06. The maximum absolute atomic E-state index is 12.9.